The summed E-state index contributed by atoms with van der Waals surface area (Å²) in [6.45, 7) is 8.63. The summed E-state index contributed by atoms with van der Waals surface area (Å²) in [7, 11) is 0. The molecule has 0 aromatic heterocycles. The Morgan fingerprint density at radius 1 is 0.952 bits per heavy atom. The lowest BCUT2D eigenvalue weighted by molar-refractivity contribution is 0.465. The lowest BCUT2D eigenvalue weighted by Crippen LogP contribution is -2.08. The normalized spacial score (nSPS) is 20.4. The molecule has 0 heterocycles. The number of aryl methyl sites for hydroxylation is 3. The van der Waals surface area contributed by atoms with Crippen LogP contribution in [0.25, 0.3) is 0 Å². The lowest BCUT2D eigenvalue weighted by atomic mass is 9.97. The third-order valence-electron chi connectivity index (χ3n) is 4.76. The molecule has 2 heteroatoms. The third-order valence-corrected chi connectivity index (χ3v) is 4.76. The van der Waals surface area contributed by atoms with E-state index in [1.807, 2.05) is 12.1 Å². The standard InChI is InChI=1S/C19H23NO/c1-11-5-7-15(9-13(11)3)20-16-10-14(4)18-12(2)6-8-17(21)19(16)18/h5-9,14,16,20-21H,10H2,1-4H3. The van der Waals surface area contributed by atoms with Crippen LogP contribution in [0.3, 0.4) is 0 Å². The summed E-state index contributed by atoms with van der Waals surface area (Å²) in [6, 6.07) is 10.5. The zero-order valence-corrected chi connectivity index (χ0v) is 13.2. The van der Waals surface area contributed by atoms with Gasteiger partial charge >= 0.3 is 0 Å². The van der Waals surface area contributed by atoms with E-state index in [1.165, 1.54) is 22.3 Å². The molecule has 2 nitrogen and oxygen atoms in total. The van der Waals surface area contributed by atoms with Crippen molar-refractivity contribution in [2.45, 2.75) is 46.1 Å². The number of phenolic OH excluding ortho intramolecular Hbond substituents is 1. The van der Waals surface area contributed by atoms with Crippen LogP contribution in [0.4, 0.5) is 5.69 Å². The Morgan fingerprint density at radius 2 is 1.67 bits per heavy atom. The SMILES string of the molecule is Cc1ccc(NC2CC(C)c3c(C)ccc(O)c32)cc1C. The van der Waals surface area contributed by atoms with Crippen LogP contribution in [-0.4, -0.2) is 5.11 Å². The summed E-state index contributed by atoms with van der Waals surface area (Å²) in [5, 5.41) is 13.9. The Labute approximate surface area is 126 Å². The van der Waals surface area contributed by atoms with Gasteiger partial charge in [-0.05, 0) is 73.6 Å². The highest BCUT2D eigenvalue weighted by Crippen LogP contribution is 2.47. The Balaban J connectivity index is 1.96. The highest BCUT2D eigenvalue weighted by Gasteiger charge is 2.32. The van der Waals surface area contributed by atoms with E-state index in [4.69, 9.17) is 0 Å². The number of anilines is 1. The Morgan fingerprint density at radius 3 is 2.38 bits per heavy atom. The Kier molecular flexibility index (Phi) is 3.40. The van der Waals surface area contributed by atoms with Gasteiger partial charge in [0.2, 0.25) is 0 Å². The van der Waals surface area contributed by atoms with Crippen LogP contribution in [0, 0.1) is 20.8 Å². The van der Waals surface area contributed by atoms with Gasteiger partial charge in [0.25, 0.3) is 0 Å². The van der Waals surface area contributed by atoms with Crippen LogP contribution in [-0.2, 0) is 0 Å². The molecule has 0 bridgehead atoms. The van der Waals surface area contributed by atoms with Gasteiger partial charge in [0.05, 0.1) is 6.04 Å². The van der Waals surface area contributed by atoms with Crippen molar-refractivity contribution in [3.8, 4) is 5.75 Å². The van der Waals surface area contributed by atoms with Crippen LogP contribution in [0.1, 0.15) is 53.1 Å². The fourth-order valence-corrected chi connectivity index (χ4v) is 3.51. The number of benzene rings is 2. The maximum Gasteiger partial charge on any atom is 0.121 e. The number of nitrogens with one attached hydrogen (secondary N) is 1. The first-order chi connectivity index (χ1) is 9.97. The predicted octanol–water partition coefficient (Wildman–Crippen LogP) is 4.98. The van der Waals surface area contributed by atoms with Crippen molar-refractivity contribution in [2.75, 3.05) is 5.32 Å². The van der Waals surface area contributed by atoms with E-state index in [-0.39, 0.29) is 6.04 Å². The highest BCUT2D eigenvalue weighted by molar-refractivity contribution is 5.56. The molecule has 1 aliphatic carbocycles. The van der Waals surface area contributed by atoms with Crippen LogP contribution < -0.4 is 5.32 Å². The topological polar surface area (TPSA) is 32.3 Å². The van der Waals surface area contributed by atoms with Crippen molar-refractivity contribution < 1.29 is 5.11 Å². The van der Waals surface area contributed by atoms with Crippen molar-refractivity contribution in [1.29, 1.82) is 0 Å². The first-order valence-corrected chi connectivity index (χ1v) is 7.63. The molecule has 2 aromatic rings. The smallest absolute Gasteiger partial charge is 0.121 e. The van der Waals surface area contributed by atoms with E-state index in [0.717, 1.165) is 17.7 Å². The van der Waals surface area contributed by atoms with Crippen molar-refractivity contribution in [2.24, 2.45) is 0 Å². The van der Waals surface area contributed by atoms with Crippen LogP contribution >= 0.6 is 0 Å². The fraction of sp³-hybridized carbons (Fsp3) is 0.368. The molecule has 0 aliphatic heterocycles. The third kappa shape index (κ3) is 2.39. The number of aromatic hydroxyl groups is 1. The van der Waals surface area contributed by atoms with Crippen molar-refractivity contribution in [1.82, 2.24) is 0 Å². The first kappa shape index (κ1) is 14.0. The summed E-state index contributed by atoms with van der Waals surface area (Å²) in [5.74, 6) is 0.900. The zero-order chi connectivity index (χ0) is 15.1. The van der Waals surface area contributed by atoms with Gasteiger partial charge in [0.15, 0.2) is 0 Å². The number of phenols is 1. The van der Waals surface area contributed by atoms with Gasteiger partial charge in [0, 0.05) is 11.3 Å². The molecule has 3 rings (SSSR count). The van der Waals surface area contributed by atoms with E-state index in [9.17, 15) is 5.11 Å². The van der Waals surface area contributed by atoms with Crippen LogP contribution in [0.15, 0.2) is 30.3 Å². The minimum atomic E-state index is 0.192. The molecular formula is C19H23NO. The molecule has 0 saturated carbocycles. The van der Waals surface area contributed by atoms with E-state index >= 15 is 0 Å². The summed E-state index contributed by atoms with van der Waals surface area (Å²) in [4.78, 5) is 0. The molecule has 0 amide bonds. The highest BCUT2D eigenvalue weighted by atomic mass is 16.3. The molecule has 0 radical (unpaired) electrons. The molecule has 0 saturated heterocycles. The molecule has 0 fully saturated rings. The summed E-state index contributed by atoms with van der Waals surface area (Å²) in [5.41, 5.74) is 7.40. The molecule has 2 atom stereocenters. The number of hydrogen-bond donors (Lipinski definition) is 2. The molecule has 2 N–H and O–H groups in total. The van der Waals surface area contributed by atoms with Gasteiger partial charge < -0.3 is 10.4 Å². The average Bonchev–Trinajstić information content (AvgIpc) is 2.76. The van der Waals surface area contributed by atoms with Gasteiger partial charge in [-0.25, -0.2) is 0 Å². The number of fused-ring (bicyclic) bond motifs is 1. The van der Waals surface area contributed by atoms with Crippen LogP contribution in [0.5, 0.6) is 5.75 Å². The van der Waals surface area contributed by atoms with Crippen molar-refractivity contribution >= 4 is 5.69 Å². The second kappa shape index (κ2) is 5.10. The zero-order valence-electron chi connectivity index (χ0n) is 13.2. The Bertz CT molecular complexity index is 690. The van der Waals surface area contributed by atoms with Crippen molar-refractivity contribution in [3.05, 3.63) is 58.1 Å². The lowest BCUT2D eigenvalue weighted by Gasteiger charge is -2.18. The van der Waals surface area contributed by atoms with E-state index < -0.39 is 0 Å². The van der Waals surface area contributed by atoms with Gasteiger partial charge in [-0.15, -0.1) is 0 Å². The summed E-state index contributed by atoms with van der Waals surface area (Å²) < 4.78 is 0. The molecule has 110 valence electrons. The second-order valence-corrected chi connectivity index (χ2v) is 6.36. The van der Waals surface area contributed by atoms with E-state index in [0.29, 0.717) is 11.7 Å². The quantitative estimate of drug-likeness (QED) is 0.814. The minimum Gasteiger partial charge on any atom is -0.508 e. The predicted molar refractivity (Wildman–Crippen MR) is 88.2 cm³/mol. The maximum atomic E-state index is 10.3. The van der Waals surface area contributed by atoms with Crippen molar-refractivity contribution in [3.63, 3.8) is 0 Å². The van der Waals surface area contributed by atoms with Crippen LogP contribution in [0.2, 0.25) is 0 Å². The van der Waals surface area contributed by atoms with Gasteiger partial charge in [-0.1, -0.05) is 19.1 Å². The second-order valence-electron chi connectivity index (χ2n) is 6.36. The minimum absolute atomic E-state index is 0.192. The van der Waals surface area contributed by atoms with E-state index in [1.54, 1.807) is 0 Å². The summed E-state index contributed by atoms with van der Waals surface area (Å²) in [6.07, 6.45) is 1.03. The van der Waals surface area contributed by atoms with Gasteiger partial charge in [0.1, 0.15) is 5.75 Å². The number of hydrogen-bond acceptors (Lipinski definition) is 2. The fourth-order valence-electron chi connectivity index (χ4n) is 3.51. The Hall–Kier alpha value is -1.96. The monoisotopic (exact) mass is 281 g/mol. The number of rotatable bonds is 2. The summed E-state index contributed by atoms with van der Waals surface area (Å²) >= 11 is 0. The molecule has 0 spiro atoms. The average molecular weight is 281 g/mol. The molecular weight excluding hydrogens is 258 g/mol. The molecule has 21 heavy (non-hydrogen) atoms. The molecule has 2 unspecified atom stereocenters. The van der Waals surface area contributed by atoms with Gasteiger partial charge in [-0.2, -0.15) is 0 Å². The maximum absolute atomic E-state index is 10.3. The van der Waals surface area contributed by atoms with E-state index in [2.05, 4.69) is 51.2 Å². The molecule has 1 aliphatic rings. The van der Waals surface area contributed by atoms with Gasteiger partial charge in [-0.3, -0.25) is 0 Å². The first-order valence-electron chi connectivity index (χ1n) is 7.63. The molecule has 2 aromatic carbocycles. The largest absolute Gasteiger partial charge is 0.508 e.